The Morgan fingerprint density at radius 1 is 0.301 bits per heavy atom. The van der Waals surface area contributed by atoms with Crippen LogP contribution in [0.1, 0.15) is 0 Å². The van der Waals surface area contributed by atoms with Crippen molar-refractivity contribution in [3.05, 3.63) is 0 Å². The summed E-state index contributed by atoms with van der Waals surface area (Å²) < 4.78 is 359. The minimum atomic E-state index is -6.20. The predicted molar refractivity (Wildman–Crippen MR) is 274 cm³/mol. The van der Waals surface area contributed by atoms with E-state index in [1.165, 1.54) is 0 Å². The van der Waals surface area contributed by atoms with Crippen molar-refractivity contribution in [3.63, 3.8) is 0 Å². The molecule has 0 aromatic rings. The van der Waals surface area contributed by atoms with Gasteiger partial charge >= 0.3 is 84.7 Å². The Morgan fingerprint density at radius 2 is 0.548 bits per heavy atom. The fourth-order valence-corrected chi connectivity index (χ4v) is 12.9. The molecule has 0 amide bonds. The summed E-state index contributed by atoms with van der Waals surface area (Å²) in [7, 11) is -34.3. The highest BCUT2D eigenvalue weighted by atomic mass is 32.3. The summed E-state index contributed by atoms with van der Waals surface area (Å²) in [6.45, 7) is -4.42. The van der Waals surface area contributed by atoms with E-state index in [1.807, 2.05) is 0 Å². The van der Waals surface area contributed by atoms with E-state index in [0.29, 0.717) is 14.2 Å². The molecule has 25 atom stereocenters. The van der Waals surface area contributed by atoms with Crippen LogP contribution in [0.2, 0.25) is 0 Å². The first kappa shape index (κ1) is 81.0. The van der Waals surface area contributed by atoms with Gasteiger partial charge in [-0.2, -0.15) is 58.9 Å². The Labute approximate surface area is 526 Å². The van der Waals surface area contributed by atoms with Crippen LogP contribution in [-0.4, -0.2) is 341 Å². The van der Waals surface area contributed by atoms with E-state index in [-0.39, 0.29) is 0 Å². The Bertz CT molecular complexity index is 3320. The van der Waals surface area contributed by atoms with E-state index in [0.717, 1.165) is 35.5 Å². The number of aliphatic hydroxyl groups is 1. The molecule has 0 spiro atoms. The largest absolute Gasteiger partial charge is 0.479 e. The molecule has 546 valence electrons. The van der Waals surface area contributed by atoms with E-state index in [4.69, 9.17) is 84.2 Å². The first-order valence-electron chi connectivity index (χ1n) is 24.9. The minimum absolute atomic E-state index is 0.691. The van der Waals surface area contributed by atoms with Gasteiger partial charge in [-0.25, -0.2) is 38.9 Å². The lowest BCUT2D eigenvalue weighted by atomic mass is 9.94. The highest BCUT2D eigenvalue weighted by Gasteiger charge is 2.62. The molecule has 5 saturated heterocycles. The molecule has 0 radical (unpaired) electrons. The Morgan fingerprint density at radius 3 is 0.849 bits per heavy atom. The van der Waals surface area contributed by atoms with Crippen molar-refractivity contribution in [1.29, 1.82) is 0 Å². The van der Waals surface area contributed by atoms with E-state index < -0.39 is 258 Å². The van der Waals surface area contributed by atoms with E-state index in [1.54, 1.807) is 0 Å². The third-order valence-electron chi connectivity index (χ3n) is 13.4. The number of aliphatic hydroxyl groups excluding tert-OH is 1. The van der Waals surface area contributed by atoms with Gasteiger partial charge in [0.05, 0.1) is 19.8 Å². The van der Waals surface area contributed by atoms with Crippen molar-refractivity contribution >= 4 is 84.7 Å². The highest BCUT2D eigenvalue weighted by molar-refractivity contribution is 7.82. The molecule has 0 aromatic heterocycles. The molecule has 5 heterocycles. The van der Waals surface area contributed by atoms with Crippen LogP contribution in [0, 0.1) is 0 Å². The quantitative estimate of drug-likeness (QED) is 0.0268. The molecule has 56 heteroatoms. The lowest BCUT2D eigenvalue weighted by molar-refractivity contribution is -0.388. The van der Waals surface area contributed by atoms with Crippen molar-refractivity contribution in [2.45, 2.75) is 154 Å². The number of aliphatic carboxylic acids is 2. The van der Waals surface area contributed by atoms with Crippen molar-refractivity contribution in [3.8, 4) is 0 Å². The van der Waals surface area contributed by atoms with Gasteiger partial charge in [-0.1, -0.05) is 0 Å². The summed E-state index contributed by atoms with van der Waals surface area (Å²) in [6.07, 6.45) is -60.2. The van der Waals surface area contributed by atoms with Crippen LogP contribution in [0.3, 0.4) is 0 Å². The molecular weight excluding hydrogens is 1450 g/mol. The topological polar surface area (TPSA) is 688 Å². The van der Waals surface area contributed by atoms with Crippen molar-refractivity contribution in [2.24, 2.45) is 0 Å². The molecule has 5 fully saturated rings. The summed E-state index contributed by atoms with van der Waals surface area (Å²) in [5.74, 6) is -4.31. The Balaban J connectivity index is 1.62. The maximum atomic E-state index is 13.3. The molecule has 5 aliphatic rings. The summed E-state index contributed by atoms with van der Waals surface area (Å²) >= 11 is 0. The van der Waals surface area contributed by atoms with Gasteiger partial charge in [0, 0.05) is 49.8 Å². The number of carboxylic acid groups (broad SMARTS) is 2. The Hall–Kier alpha value is -2.65. The Kier molecular flexibility index (Phi) is 28.4. The molecule has 10 N–H and O–H groups in total. The van der Waals surface area contributed by atoms with Gasteiger partial charge in [0.2, 0.25) is 0 Å². The summed E-state index contributed by atoms with van der Waals surface area (Å²) in [6, 6.07) is 0. The van der Waals surface area contributed by atoms with Crippen LogP contribution in [0.25, 0.3) is 0 Å². The van der Waals surface area contributed by atoms with Crippen LogP contribution in [-0.2, 0) is 187 Å². The molecular formula is C37H62O49S7. The van der Waals surface area contributed by atoms with Crippen LogP contribution in [0.4, 0.5) is 0 Å². The van der Waals surface area contributed by atoms with Crippen molar-refractivity contribution in [1.82, 2.24) is 0 Å². The molecule has 0 bridgehead atoms. The van der Waals surface area contributed by atoms with E-state index in [2.05, 4.69) is 20.9 Å². The van der Waals surface area contributed by atoms with Crippen LogP contribution >= 0.6 is 0 Å². The van der Waals surface area contributed by atoms with Crippen LogP contribution in [0.15, 0.2) is 0 Å². The predicted octanol–water partition coefficient (Wildman–Crippen LogP) is -8.37. The number of rotatable bonds is 34. The monoisotopic (exact) mass is 1510 g/mol. The smallest absolute Gasteiger partial charge is 0.397 e. The average molecular weight is 1520 g/mol. The molecule has 5 rings (SSSR count). The number of carbonyl (C=O) groups is 2. The summed E-state index contributed by atoms with van der Waals surface area (Å²) in [5, 5.41) is 32.0. The van der Waals surface area contributed by atoms with Crippen LogP contribution in [0.5, 0.6) is 0 Å². The standard InChI is InChI=1S/C37H62O49S7/c1-64-14-11(8-71-87(43,44)45)75-34(27(68-5)17(14)65-2)79-20-18(66-3)28(69-6)36(81-24(20)31(38)39)78-16-13(10-73-89(49,50)51)76-37(30(86-93(61,62)63)23(16)84-91(55,56)57)80-21-19(67-4)29(70-7)35(82-25(21)32(40)41)77-15-12(9-72-88(46,47)48)74-33(42)26(85-92(58,59)60)22(15)83-90(52,53)54/h11-30,33-37,42H,8-10H2,1-7H3,(H,38,39)(H,40,41)(H,43,44,45)(H,46,47,48)(H,49,50,51)(H,52,53,54)(H,55,56,57)(H,58,59,60)(H,61,62,63)/t11-,12-,13-,14-,15-,16-,17?,18+,19+,20+,21+,22+,23+,24+,25-,26-,27-,28-,29-,30-,33+,34-,35-,36-,37-/m1/s1. The highest BCUT2D eigenvalue weighted by Crippen LogP contribution is 2.41. The average Bonchev–Trinajstić information content (AvgIpc) is 0.769. The van der Waals surface area contributed by atoms with E-state index >= 15 is 0 Å². The fourth-order valence-electron chi connectivity index (χ4n) is 10.0. The van der Waals surface area contributed by atoms with Crippen molar-refractivity contribution in [2.75, 3.05) is 69.6 Å². The number of carboxylic acids is 2. The number of hydrogen-bond acceptors (Lipinski definition) is 40. The van der Waals surface area contributed by atoms with Crippen molar-refractivity contribution < 1.29 is 221 Å². The maximum absolute atomic E-state index is 13.3. The van der Waals surface area contributed by atoms with Crippen LogP contribution < -0.4 is 0 Å². The van der Waals surface area contributed by atoms with Gasteiger partial charge in [-0.15, -0.1) is 0 Å². The van der Waals surface area contributed by atoms with Gasteiger partial charge in [0.25, 0.3) is 0 Å². The second-order valence-electron chi connectivity index (χ2n) is 19.1. The normalized spacial score (nSPS) is 37.9. The fraction of sp³-hybridized carbons (Fsp3) is 0.946. The third-order valence-corrected chi connectivity index (χ3v) is 16.6. The first-order chi connectivity index (χ1) is 42.7. The zero-order chi connectivity index (χ0) is 70.5. The summed E-state index contributed by atoms with van der Waals surface area (Å²) in [4.78, 5) is 26.5. The molecule has 93 heavy (non-hydrogen) atoms. The van der Waals surface area contributed by atoms with Gasteiger partial charge in [-0.05, 0) is 0 Å². The molecule has 0 saturated carbocycles. The zero-order valence-electron chi connectivity index (χ0n) is 47.8. The molecule has 5 aliphatic heterocycles. The molecule has 0 aliphatic carbocycles. The molecule has 0 aromatic carbocycles. The lowest BCUT2D eigenvalue weighted by Crippen LogP contribution is -2.70. The number of ether oxygens (including phenoxy) is 16. The first-order valence-corrected chi connectivity index (χ1v) is 34.5. The lowest BCUT2D eigenvalue weighted by Gasteiger charge is -2.51. The molecule has 49 nitrogen and oxygen atoms in total. The maximum Gasteiger partial charge on any atom is 0.397 e. The van der Waals surface area contributed by atoms with E-state index in [9.17, 15) is 116 Å². The number of methoxy groups -OCH3 is 7. The summed E-state index contributed by atoms with van der Waals surface area (Å²) in [5.41, 5.74) is 0. The SMILES string of the molecule is COC1[C@@H](OC)[C@@H](O[C@H]2[C@H](OC)[C@@H](OC)[C@H](O[C@H]3[C@H](OS(=O)(=O)O)[C@@H](OS(=O)(=O)O)[C@@H](O[C@H]4[C@H](OC)[C@@H](OC)[C@H](O[C@H]5[C@H](OS(=O)(=O)O)[C@@H](OS(=O)(=O)O)[C@@H](O)O[C@@H]5COS(=O)(=O)O)O[C@H]4C(=O)O)O[C@@H]3COS(=O)(=O)O)O[C@@H]2C(=O)O)O[C@H](COS(=O)(=O)O)[C@H]1OC. The zero-order valence-corrected chi connectivity index (χ0v) is 53.5. The van der Waals surface area contributed by atoms with Gasteiger partial charge in [0.15, 0.2) is 55.9 Å². The number of hydrogen-bond donors (Lipinski definition) is 10. The van der Waals surface area contributed by atoms with Gasteiger partial charge in [0.1, 0.15) is 97.7 Å². The minimum Gasteiger partial charge on any atom is -0.479 e. The third kappa shape index (κ3) is 22.7. The second-order valence-corrected chi connectivity index (χ2v) is 26.5. The molecule has 1 unspecified atom stereocenters. The van der Waals surface area contributed by atoms with Gasteiger partial charge < -0.3 is 91.1 Å². The van der Waals surface area contributed by atoms with Gasteiger partial charge in [-0.3, -0.25) is 31.9 Å². The second kappa shape index (κ2) is 32.6.